The summed E-state index contributed by atoms with van der Waals surface area (Å²) in [5.41, 5.74) is 2.15. The maximum Gasteiger partial charge on any atom is 0.247 e. The van der Waals surface area contributed by atoms with E-state index >= 15 is 0 Å². The van der Waals surface area contributed by atoms with Gasteiger partial charge in [-0.1, -0.05) is 12.1 Å². The van der Waals surface area contributed by atoms with Crippen LogP contribution < -0.4 is 5.32 Å². The lowest BCUT2D eigenvalue weighted by molar-refractivity contribution is -0.137. The highest BCUT2D eigenvalue weighted by atomic mass is 79.9. The smallest absolute Gasteiger partial charge is 0.247 e. The highest BCUT2D eigenvalue weighted by Gasteiger charge is 2.40. The monoisotopic (exact) mass is 596 g/mol. The number of hydrogen-bond donors (Lipinski definition) is 1. The van der Waals surface area contributed by atoms with Crippen molar-refractivity contribution in [3.05, 3.63) is 70.6 Å². The summed E-state index contributed by atoms with van der Waals surface area (Å²) in [5, 5.41) is 7.36. The number of rotatable bonds is 6. The molecule has 0 aliphatic carbocycles. The standard InChI is InChI=1S/C27H23BrF2N6O3/c1-14(37)26-19-8-16(17-10-31-15(2)32-11-17)6-7-22(19)36(34-26)13-24(38)35-12-18(29)9-23(35)27(39)33-21-5-3-4-20(28)25(21)30/h3-8,10-11,18,23H,9,12-13H2,1-2H3,(H,33,39)/t18-,23+/m1/s1. The fourth-order valence-corrected chi connectivity index (χ4v) is 4.99. The minimum atomic E-state index is -1.42. The second-order valence-electron chi connectivity index (χ2n) is 9.30. The fraction of sp³-hybridized carbons (Fsp3) is 0.259. The quantitative estimate of drug-likeness (QED) is 0.329. The van der Waals surface area contributed by atoms with Gasteiger partial charge < -0.3 is 10.2 Å². The van der Waals surface area contributed by atoms with E-state index < -0.39 is 29.8 Å². The van der Waals surface area contributed by atoms with Gasteiger partial charge in [0.2, 0.25) is 11.8 Å². The largest absolute Gasteiger partial charge is 0.326 e. The van der Waals surface area contributed by atoms with Gasteiger partial charge in [0.05, 0.1) is 22.2 Å². The molecular weight excluding hydrogens is 574 g/mol. The molecule has 2 atom stereocenters. The van der Waals surface area contributed by atoms with Gasteiger partial charge in [0.25, 0.3) is 0 Å². The molecule has 5 rings (SSSR count). The molecule has 4 aromatic rings. The normalized spacial score (nSPS) is 17.0. The number of benzene rings is 2. The molecule has 12 heteroatoms. The van der Waals surface area contributed by atoms with Crippen LogP contribution in [0.25, 0.3) is 22.0 Å². The van der Waals surface area contributed by atoms with Gasteiger partial charge in [-0.2, -0.15) is 5.10 Å². The summed E-state index contributed by atoms with van der Waals surface area (Å²) in [6.07, 6.45) is 1.72. The number of aryl methyl sites for hydroxylation is 1. The molecule has 0 saturated carbocycles. The molecule has 1 aliphatic heterocycles. The van der Waals surface area contributed by atoms with Crippen molar-refractivity contribution in [3.63, 3.8) is 0 Å². The van der Waals surface area contributed by atoms with Crippen molar-refractivity contribution in [2.24, 2.45) is 0 Å². The van der Waals surface area contributed by atoms with E-state index in [-0.39, 0.29) is 41.1 Å². The summed E-state index contributed by atoms with van der Waals surface area (Å²) >= 11 is 3.06. The molecule has 0 bridgehead atoms. The Morgan fingerprint density at radius 1 is 1.13 bits per heavy atom. The van der Waals surface area contributed by atoms with Crippen molar-refractivity contribution >= 4 is 50.1 Å². The molecule has 2 amide bonds. The van der Waals surface area contributed by atoms with Crippen LogP contribution in [0.4, 0.5) is 14.5 Å². The molecule has 1 aliphatic rings. The summed E-state index contributed by atoms with van der Waals surface area (Å²) < 4.78 is 30.3. The van der Waals surface area contributed by atoms with E-state index in [1.807, 2.05) is 0 Å². The van der Waals surface area contributed by atoms with Gasteiger partial charge in [-0.05, 0) is 52.7 Å². The first-order valence-electron chi connectivity index (χ1n) is 12.1. The fourth-order valence-electron chi connectivity index (χ4n) is 4.63. The first kappa shape index (κ1) is 26.5. The van der Waals surface area contributed by atoms with Gasteiger partial charge in [0.1, 0.15) is 30.3 Å². The molecule has 9 nitrogen and oxygen atoms in total. The molecular formula is C27H23BrF2N6O3. The van der Waals surface area contributed by atoms with E-state index in [2.05, 4.69) is 36.3 Å². The Labute approximate surface area is 230 Å². The summed E-state index contributed by atoms with van der Waals surface area (Å²) in [6, 6.07) is 8.60. The zero-order chi connectivity index (χ0) is 27.8. The summed E-state index contributed by atoms with van der Waals surface area (Å²) in [7, 11) is 0. The van der Waals surface area contributed by atoms with Crippen LogP contribution in [-0.4, -0.2) is 61.0 Å². The van der Waals surface area contributed by atoms with Crippen LogP contribution >= 0.6 is 15.9 Å². The Morgan fingerprint density at radius 2 is 1.87 bits per heavy atom. The van der Waals surface area contributed by atoms with Crippen LogP contribution in [0.15, 0.2) is 53.3 Å². The average Bonchev–Trinajstić information content (AvgIpc) is 3.48. The number of anilines is 1. The Balaban J connectivity index is 1.41. The second kappa shape index (κ2) is 10.6. The Hall–Kier alpha value is -4.06. The van der Waals surface area contributed by atoms with Gasteiger partial charge in [-0.3, -0.25) is 19.1 Å². The average molecular weight is 597 g/mol. The van der Waals surface area contributed by atoms with Gasteiger partial charge >= 0.3 is 0 Å². The molecule has 1 fully saturated rings. The first-order chi connectivity index (χ1) is 18.6. The van der Waals surface area contributed by atoms with Crippen LogP contribution in [0.2, 0.25) is 0 Å². The molecule has 39 heavy (non-hydrogen) atoms. The number of ketones is 1. The van der Waals surface area contributed by atoms with Crippen molar-refractivity contribution in [3.8, 4) is 11.1 Å². The van der Waals surface area contributed by atoms with Crippen molar-refractivity contribution in [2.45, 2.75) is 39.0 Å². The minimum absolute atomic E-state index is 0.0805. The van der Waals surface area contributed by atoms with Crippen LogP contribution in [-0.2, 0) is 16.1 Å². The van der Waals surface area contributed by atoms with E-state index in [1.165, 1.54) is 23.7 Å². The first-order valence-corrected chi connectivity index (χ1v) is 12.9. The molecule has 0 radical (unpaired) electrons. The number of hydrogen-bond acceptors (Lipinski definition) is 6. The minimum Gasteiger partial charge on any atom is -0.326 e. The van der Waals surface area contributed by atoms with Crippen molar-refractivity contribution < 1.29 is 23.2 Å². The molecule has 200 valence electrons. The zero-order valence-corrected chi connectivity index (χ0v) is 22.6. The van der Waals surface area contributed by atoms with Crippen LogP contribution in [0, 0.1) is 12.7 Å². The molecule has 1 saturated heterocycles. The number of carbonyl (C=O) groups excluding carboxylic acids is 3. The van der Waals surface area contributed by atoms with Gasteiger partial charge in [-0.25, -0.2) is 18.7 Å². The third kappa shape index (κ3) is 5.29. The molecule has 2 aromatic carbocycles. The highest BCUT2D eigenvalue weighted by molar-refractivity contribution is 9.10. The number of fused-ring (bicyclic) bond motifs is 1. The van der Waals surface area contributed by atoms with E-state index in [9.17, 15) is 23.2 Å². The number of halogens is 3. The van der Waals surface area contributed by atoms with E-state index in [4.69, 9.17) is 0 Å². The third-order valence-electron chi connectivity index (χ3n) is 6.57. The highest BCUT2D eigenvalue weighted by Crippen LogP contribution is 2.29. The van der Waals surface area contributed by atoms with Gasteiger partial charge in [-0.15, -0.1) is 0 Å². The van der Waals surface area contributed by atoms with Crippen molar-refractivity contribution in [1.29, 1.82) is 0 Å². The maximum atomic E-state index is 14.4. The van der Waals surface area contributed by atoms with E-state index in [0.717, 1.165) is 16.0 Å². The number of likely N-dealkylation sites (tertiary alicyclic amines) is 1. The predicted octanol–water partition coefficient (Wildman–Crippen LogP) is 4.48. The topological polar surface area (TPSA) is 110 Å². The number of nitrogens with one attached hydrogen (secondary N) is 1. The lowest BCUT2D eigenvalue weighted by atomic mass is 10.0. The van der Waals surface area contributed by atoms with Crippen LogP contribution in [0.1, 0.15) is 29.7 Å². The van der Waals surface area contributed by atoms with Gasteiger partial charge in [0.15, 0.2) is 11.6 Å². The number of carbonyl (C=O) groups is 3. The number of alkyl halides is 1. The van der Waals surface area contributed by atoms with Gasteiger partial charge in [0, 0.05) is 36.7 Å². The number of Topliss-reactive ketones (excluding diaryl/α,β-unsaturated/α-hetero) is 1. The SMILES string of the molecule is CC(=O)c1nn(CC(=O)N2C[C@H](F)C[C@H]2C(=O)Nc2cccc(Br)c2F)c2ccc(-c3cnc(C)nc3)cc12. The molecule has 3 heterocycles. The van der Waals surface area contributed by atoms with E-state index in [0.29, 0.717) is 16.7 Å². The van der Waals surface area contributed by atoms with Crippen LogP contribution in [0.5, 0.6) is 0 Å². The number of nitrogens with zero attached hydrogens (tertiary/aromatic N) is 5. The number of amides is 2. The molecule has 1 N–H and O–H groups in total. The van der Waals surface area contributed by atoms with Crippen molar-refractivity contribution in [2.75, 3.05) is 11.9 Å². The predicted molar refractivity (Wildman–Crippen MR) is 143 cm³/mol. The molecule has 2 aromatic heterocycles. The maximum absolute atomic E-state index is 14.4. The molecule has 0 unspecified atom stereocenters. The summed E-state index contributed by atoms with van der Waals surface area (Å²) in [4.78, 5) is 48.2. The van der Waals surface area contributed by atoms with Crippen LogP contribution in [0.3, 0.4) is 0 Å². The Morgan fingerprint density at radius 3 is 2.59 bits per heavy atom. The lowest BCUT2D eigenvalue weighted by Gasteiger charge is -2.24. The molecule has 0 spiro atoms. The van der Waals surface area contributed by atoms with Crippen molar-refractivity contribution in [1.82, 2.24) is 24.6 Å². The van der Waals surface area contributed by atoms with E-state index in [1.54, 1.807) is 43.6 Å². The Kier molecular flexibility index (Phi) is 7.21. The summed E-state index contributed by atoms with van der Waals surface area (Å²) in [5.74, 6) is -1.58. The summed E-state index contributed by atoms with van der Waals surface area (Å²) in [6.45, 7) is 2.55. The number of aromatic nitrogens is 4. The second-order valence-corrected chi connectivity index (χ2v) is 10.2. The zero-order valence-electron chi connectivity index (χ0n) is 21.0. The Bertz CT molecular complexity index is 1610. The lowest BCUT2D eigenvalue weighted by Crippen LogP contribution is -2.44. The third-order valence-corrected chi connectivity index (χ3v) is 7.18.